The van der Waals surface area contributed by atoms with E-state index in [1.807, 2.05) is 54.6 Å². The summed E-state index contributed by atoms with van der Waals surface area (Å²) in [5.74, 6) is 1.65. The SMILES string of the molecule is CS(=O)(=O)CC1(CNc2nc(-c3ccccc3)nc3ccccc23)CC1. The molecule has 1 aliphatic rings. The minimum absolute atomic E-state index is 0.160. The first kappa shape index (κ1) is 17.0. The minimum atomic E-state index is -2.99. The summed E-state index contributed by atoms with van der Waals surface area (Å²) in [5, 5.41) is 4.35. The van der Waals surface area contributed by atoms with Gasteiger partial charge < -0.3 is 5.32 Å². The largest absolute Gasteiger partial charge is 0.369 e. The van der Waals surface area contributed by atoms with Crippen LogP contribution in [0.5, 0.6) is 0 Å². The summed E-state index contributed by atoms with van der Waals surface area (Å²) in [4.78, 5) is 9.41. The van der Waals surface area contributed by atoms with Gasteiger partial charge in [0, 0.05) is 29.2 Å². The predicted molar refractivity (Wildman–Crippen MR) is 105 cm³/mol. The van der Waals surface area contributed by atoms with Gasteiger partial charge in [-0.3, -0.25) is 0 Å². The van der Waals surface area contributed by atoms with Crippen LogP contribution in [-0.4, -0.2) is 36.9 Å². The van der Waals surface area contributed by atoms with Crippen LogP contribution in [0, 0.1) is 5.41 Å². The molecule has 0 spiro atoms. The molecule has 4 rings (SSSR count). The average Bonchev–Trinajstić information content (AvgIpc) is 3.38. The van der Waals surface area contributed by atoms with Gasteiger partial charge >= 0.3 is 0 Å². The minimum Gasteiger partial charge on any atom is -0.369 e. The van der Waals surface area contributed by atoms with E-state index in [1.54, 1.807) is 0 Å². The maximum atomic E-state index is 11.7. The van der Waals surface area contributed by atoms with Crippen molar-refractivity contribution in [3.8, 4) is 11.4 Å². The summed E-state index contributed by atoms with van der Waals surface area (Å²) in [5.41, 5.74) is 1.67. The molecule has 1 aromatic heterocycles. The van der Waals surface area contributed by atoms with E-state index in [2.05, 4.69) is 10.3 Å². The highest BCUT2D eigenvalue weighted by molar-refractivity contribution is 7.90. The van der Waals surface area contributed by atoms with Crippen molar-refractivity contribution in [2.24, 2.45) is 5.41 Å². The van der Waals surface area contributed by atoms with E-state index in [0.717, 1.165) is 35.1 Å². The van der Waals surface area contributed by atoms with Crippen molar-refractivity contribution in [1.82, 2.24) is 9.97 Å². The normalized spacial score (nSPS) is 15.7. The highest BCUT2D eigenvalue weighted by Crippen LogP contribution is 2.46. The first-order chi connectivity index (χ1) is 12.4. The van der Waals surface area contributed by atoms with Gasteiger partial charge in [0.2, 0.25) is 0 Å². The summed E-state index contributed by atoms with van der Waals surface area (Å²) in [6.07, 6.45) is 3.17. The molecule has 1 saturated carbocycles. The van der Waals surface area contributed by atoms with E-state index in [-0.39, 0.29) is 11.2 Å². The van der Waals surface area contributed by atoms with E-state index in [4.69, 9.17) is 4.98 Å². The van der Waals surface area contributed by atoms with Crippen LogP contribution in [0.25, 0.3) is 22.3 Å². The third kappa shape index (κ3) is 3.70. The lowest BCUT2D eigenvalue weighted by molar-refractivity contribution is 0.560. The number of benzene rings is 2. The molecule has 2 aromatic carbocycles. The molecule has 1 aliphatic carbocycles. The third-order valence-electron chi connectivity index (χ3n) is 4.79. The zero-order valence-electron chi connectivity index (χ0n) is 14.6. The fourth-order valence-electron chi connectivity index (χ4n) is 3.30. The van der Waals surface area contributed by atoms with Crippen molar-refractivity contribution < 1.29 is 8.42 Å². The lowest BCUT2D eigenvalue weighted by Crippen LogP contribution is -2.24. The van der Waals surface area contributed by atoms with Crippen molar-refractivity contribution in [1.29, 1.82) is 0 Å². The predicted octanol–water partition coefficient (Wildman–Crippen LogP) is 3.53. The van der Waals surface area contributed by atoms with Gasteiger partial charge in [-0.2, -0.15) is 0 Å². The second-order valence-corrected chi connectivity index (χ2v) is 9.34. The number of rotatable bonds is 6. The summed E-state index contributed by atoms with van der Waals surface area (Å²) in [6, 6.07) is 17.7. The Hall–Kier alpha value is -2.47. The second-order valence-electron chi connectivity index (χ2n) is 7.20. The van der Waals surface area contributed by atoms with Gasteiger partial charge in [0.25, 0.3) is 0 Å². The number of fused-ring (bicyclic) bond motifs is 1. The maximum Gasteiger partial charge on any atom is 0.162 e. The van der Waals surface area contributed by atoms with Gasteiger partial charge in [0.15, 0.2) is 5.82 Å². The Bertz CT molecular complexity index is 1050. The van der Waals surface area contributed by atoms with E-state index in [0.29, 0.717) is 12.4 Å². The zero-order valence-corrected chi connectivity index (χ0v) is 15.5. The smallest absolute Gasteiger partial charge is 0.162 e. The van der Waals surface area contributed by atoms with Gasteiger partial charge in [-0.25, -0.2) is 18.4 Å². The van der Waals surface area contributed by atoms with E-state index < -0.39 is 9.84 Å². The number of aromatic nitrogens is 2. The van der Waals surface area contributed by atoms with Crippen molar-refractivity contribution in [3.05, 3.63) is 54.6 Å². The van der Waals surface area contributed by atoms with Crippen LogP contribution in [0.4, 0.5) is 5.82 Å². The molecule has 0 amide bonds. The molecule has 134 valence electrons. The van der Waals surface area contributed by atoms with Gasteiger partial charge in [-0.1, -0.05) is 42.5 Å². The number of hydrogen-bond donors (Lipinski definition) is 1. The van der Waals surface area contributed by atoms with E-state index in [1.165, 1.54) is 6.26 Å². The van der Waals surface area contributed by atoms with Crippen LogP contribution in [0.15, 0.2) is 54.6 Å². The fourth-order valence-corrected chi connectivity index (χ4v) is 4.81. The molecule has 5 nitrogen and oxygen atoms in total. The first-order valence-corrected chi connectivity index (χ1v) is 10.7. The highest BCUT2D eigenvalue weighted by atomic mass is 32.2. The molecule has 6 heteroatoms. The van der Waals surface area contributed by atoms with E-state index in [9.17, 15) is 8.42 Å². The second kappa shape index (κ2) is 6.36. The van der Waals surface area contributed by atoms with Crippen molar-refractivity contribution >= 4 is 26.6 Å². The van der Waals surface area contributed by atoms with Gasteiger partial charge in [0.05, 0.1) is 11.3 Å². The highest BCUT2D eigenvalue weighted by Gasteiger charge is 2.45. The Kier molecular flexibility index (Phi) is 4.15. The molecule has 0 bridgehead atoms. The molecule has 1 heterocycles. The molecule has 26 heavy (non-hydrogen) atoms. The lowest BCUT2D eigenvalue weighted by Gasteiger charge is -2.17. The number of nitrogens with one attached hydrogen (secondary N) is 1. The molecule has 0 atom stereocenters. The molecular weight excluding hydrogens is 346 g/mol. The Morgan fingerprint density at radius 1 is 1.00 bits per heavy atom. The maximum absolute atomic E-state index is 11.7. The lowest BCUT2D eigenvalue weighted by atomic mass is 10.1. The van der Waals surface area contributed by atoms with Crippen molar-refractivity contribution in [3.63, 3.8) is 0 Å². The zero-order chi connectivity index (χ0) is 18.2. The third-order valence-corrected chi connectivity index (χ3v) is 5.93. The number of anilines is 1. The van der Waals surface area contributed by atoms with Crippen LogP contribution in [0.3, 0.4) is 0 Å². The van der Waals surface area contributed by atoms with Gasteiger partial charge in [-0.15, -0.1) is 0 Å². The summed E-state index contributed by atoms with van der Waals surface area (Å²) >= 11 is 0. The van der Waals surface area contributed by atoms with Crippen LogP contribution in [0.2, 0.25) is 0 Å². The summed E-state index contributed by atoms with van der Waals surface area (Å²) < 4.78 is 23.4. The van der Waals surface area contributed by atoms with Crippen molar-refractivity contribution in [2.75, 3.05) is 23.9 Å². The Morgan fingerprint density at radius 2 is 1.69 bits per heavy atom. The van der Waals surface area contributed by atoms with Crippen LogP contribution >= 0.6 is 0 Å². The summed E-state index contributed by atoms with van der Waals surface area (Å²) in [6.45, 7) is 0.606. The standard InChI is InChI=1S/C20H21N3O2S/c1-26(24,25)14-20(11-12-20)13-21-19-16-9-5-6-10-17(16)22-18(23-19)15-7-3-2-4-8-15/h2-10H,11-14H2,1H3,(H,21,22,23). The average molecular weight is 367 g/mol. The molecule has 0 saturated heterocycles. The number of sulfone groups is 1. The van der Waals surface area contributed by atoms with Crippen molar-refractivity contribution in [2.45, 2.75) is 12.8 Å². The number of hydrogen-bond acceptors (Lipinski definition) is 5. The Balaban J connectivity index is 1.68. The number of nitrogens with zero attached hydrogens (tertiary/aromatic N) is 2. The molecule has 1 N–H and O–H groups in total. The van der Waals surface area contributed by atoms with Gasteiger partial charge in [-0.05, 0) is 25.0 Å². The molecule has 3 aromatic rings. The quantitative estimate of drug-likeness (QED) is 0.721. The molecular formula is C20H21N3O2S. The summed E-state index contributed by atoms with van der Waals surface area (Å²) in [7, 11) is -2.99. The van der Waals surface area contributed by atoms with Crippen LogP contribution < -0.4 is 5.32 Å². The van der Waals surface area contributed by atoms with E-state index >= 15 is 0 Å². The Labute approximate surface area is 153 Å². The molecule has 0 aliphatic heterocycles. The first-order valence-electron chi connectivity index (χ1n) is 8.68. The molecule has 1 fully saturated rings. The Morgan fingerprint density at radius 3 is 2.38 bits per heavy atom. The van der Waals surface area contributed by atoms with Gasteiger partial charge in [0.1, 0.15) is 15.7 Å². The topological polar surface area (TPSA) is 72.0 Å². The molecule has 0 radical (unpaired) electrons. The number of para-hydroxylation sites is 1. The fraction of sp³-hybridized carbons (Fsp3) is 0.300. The van der Waals surface area contributed by atoms with Crippen LogP contribution in [0.1, 0.15) is 12.8 Å². The molecule has 0 unspecified atom stereocenters. The van der Waals surface area contributed by atoms with Crippen LogP contribution in [-0.2, 0) is 9.84 Å². The monoisotopic (exact) mass is 367 g/mol.